The number of urea groups is 1. The smallest absolute Gasteiger partial charge is 0.327 e. The summed E-state index contributed by atoms with van der Waals surface area (Å²) in [6, 6.07) is 22.4. The highest BCUT2D eigenvalue weighted by atomic mass is 16.5. The molecule has 1 heterocycles. The predicted octanol–water partition coefficient (Wildman–Crippen LogP) is 4.85. The van der Waals surface area contributed by atoms with Gasteiger partial charge in [0.15, 0.2) is 11.5 Å². The van der Waals surface area contributed by atoms with Gasteiger partial charge in [0.2, 0.25) is 0 Å². The highest BCUT2D eigenvalue weighted by molar-refractivity contribution is 6.03. The first-order valence-electron chi connectivity index (χ1n) is 8.33. The number of hydrogen-bond acceptors (Lipinski definition) is 3. The topological polar surface area (TPSA) is 50.8 Å². The van der Waals surface area contributed by atoms with E-state index in [1.807, 2.05) is 72.8 Å². The molecule has 5 nitrogen and oxygen atoms in total. The summed E-state index contributed by atoms with van der Waals surface area (Å²) in [4.78, 5) is 14.6. The van der Waals surface area contributed by atoms with Crippen molar-refractivity contribution < 1.29 is 14.3 Å². The predicted molar refractivity (Wildman–Crippen MR) is 100 cm³/mol. The Kier molecular flexibility index (Phi) is 4.19. The number of methoxy groups -OCH3 is 1. The maximum atomic E-state index is 13.0. The van der Waals surface area contributed by atoms with Gasteiger partial charge in [-0.25, -0.2) is 4.79 Å². The molecule has 0 atom stereocenters. The van der Waals surface area contributed by atoms with Crippen molar-refractivity contribution in [3.63, 3.8) is 0 Å². The molecule has 3 aromatic carbocycles. The summed E-state index contributed by atoms with van der Waals surface area (Å²) in [7, 11) is 1.62. The maximum absolute atomic E-state index is 13.0. The highest BCUT2D eigenvalue weighted by Crippen LogP contribution is 2.46. The minimum absolute atomic E-state index is 0.212. The number of para-hydroxylation sites is 4. The molecule has 0 aromatic heterocycles. The SMILES string of the molecule is COc1cccc(CNC(=O)N2c3ccccc3Oc3ccccc32)c1. The molecule has 1 aliphatic heterocycles. The number of carbonyl (C=O) groups is 1. The van der Waals surface area contributed by atoms with Crippen LogP contribution in [0.3, 0.4) is 0 Å². The fourth-order valence-corrected chi connectivity index (χ4v) is 2.96. The molecule has 3 aromatic rings. The number of nitrogens with zero attached hydrogens (tertiary/aromatic N) is 1. The van der Waals surface area contributed by atoms with E-state index in [0.717, 1.165) is 11.3 Å². The lowest BCUT2D eigenvalue weighted by atomic mass is 10.1. The van der Waals surface area contributed by atoms with Crippen molar-refractivity contribution >= 4 is 17.4 Å². The third-order valence-electron chi connectivity index (χ3n) is 4.21. The number of carbonyl (C=O) groups excluding carboxylic acids is 1. The van der Waals surface area contributed by atoms with E-state index in [4.69, 9.17) is 9.47 Å². The van der Waals surface area contributed by atoms with E-state index in [1.165, 1.54) is 0 Å². The number of fused-ring (bicyclic) bond motifs is 2. The summed E-state index contributed by atoms with van der Waals surface area (Å²) in [5.41, 5.74) is 2.40. The summed E-state index contributed by atoms with van der Waals surface area (Å²) in [5.74, 6) is 2.07. The van der Waals surface area contributed by atoms with Crippen LogP contribution in [0.1, 0.15) is 5.56 Å². The fraction of sp³-hybridized carbons (Fsp3) is 0.0952. The van der Waals surface area contributed by atoms with Crippen LogP contribution < -0.4 is 19.7 Å². The van der Waals surface area contributed by atoms with Gasteiger partial charge in [-0.15, -0.1) is 0 Å². The Balaban J connectivity index is 1.61. The van der Waals surface area contributed by atoms with Crippen LogP contribution in [0.15, 0.2) is 72.8 Å². The summed E-state index contributed by atoms with van der Waals surface area (Å²) in [6.07, 6.45) is 0. The van der Waals surface area contributed by atoms with Crippen molar-refractivity contribution in [2.24, 2.45) is 0 Å². The number of benzene rings is 3. The fourth-order valence-electron chi connectivity index (χ4n) is 2.96. The summed E-state index contributed by atoms with van der Waals surface area (Å²) < 4.78 is 11.1. The lowest BCUT2D eigenvalue weighted by Crippen LogP contribution is -2.37. The van der Waals surface area contributed by atoms with E-state index in [1.54, 1.807) is 12.0 Å². The molecule has 26 heavy (non-hydrogen) atoms. The van der Waals surface area contributed by atoms with Gasteiger partial charge < -0.3 is 14.8 Å². The van der Waals surface area contributed by atoms with E-state index in [-0.39, 0.29) is 6.03 Å². The highest BCUT2D eigenvalue weighted by Gasteiger charge is 2.28. The van der Waals surface area contributed by atoms with Gasteiger partial charge in [-0.3, -0.25) is 4.90 Å². The van der Waals surface area contributed by atoms with Crippen LogP contribution in [0.25, 0.3) is 0 Å². The average Bonchev–Trinajstić information content (AvgIpc) is 2.70. The number of hydrogen-bond donors (Lipinski definition) is 1. The van der Waals surface area contributed by atoms with Gasteiger partial charge in [-0.2, -0.15) is 0 Å². The van der Waals surface area contributed by atoms with Crippen LogP contribution in [-0.4, -0.2) is 13.1 Å². The Bertz CT molecular complexity index is 910. The largest absolute Gasteiger partial charge is 0.497 e. The van der Waals surface area contributed by atoms with Gasteiger partial charge in [-0.05, 0) is 42.0 Å². The van der Waals surface area contributed by atoms with Gasteiger partial charge in [0.1, 0.15) is 5.75 Å². The normalized spacial score (nSPS) is 11.8. The zero-order chi connectivity index (χ0) is 17.9. The van der Waals surface area contributed by atoms with Crippen molar-refractivity contribution in [1.82, 2.24) is 5.32 Å². The van der Waals surface area contributed by atoms with Crippen molar-refractivity contribution in [3.05, 3.63) is 78.4 Å². The van der Waals surface area contributed by atoms with Gasteiger partial charge in [0, 0.05) is 6.54 Å². The molecule has 0 radical (unpaired) electrons. The molecule has 0 saturated heterocycles. The Hall–Kier alpha value is -3.47. The summed E-state index contributed by atoms with van der Waals surface area (Å²) in [6.45, 7) is 0.401. The second kappa shape index (κ2) is 6.80. The number of ether oxygens (including phenoxy) is 2. The Morgan fingerprint density at radius 1 is 0.962 bits per heavy atom. The van der Waals surface area contributed by atoms with Crippen molar-refractivity contribution in [2.45, 2.75) is 6.54 Å². The average molecular weight is 346 g/mol. The quantitative estimate of drug-likeness (QED) is 0.738. The van der Waals surface area contributed by atoms with Crippen molar-refractivity contribution in [3.8, 4) is 17.2 Å². The first-order chi connectivity index (χ1) is 12.8. The minimum Gasteiger partial charge on any atom is -0.497 e. The van der Waals surface area contributed by atoms with Gasteiger partial charge >= 0.3 is 6.03 Å². The molecule has 130 valence electrons. The number of amides is 2. The van der Waals surface area contributed by atoms with E-state index < -0.39 is 0 Å². The van der Waals surface area contributed by atoms with Gasteiger partial charge in [-0.1, -0.05) is 36.4 Å². The molecule has 5 heteroatoms. The molecule has 0 bridgehead atoms. The number of anilines is 2. The summed E-state index contributed by atoms with van der Waals surface area (Å²) in [5, 5.41) is 2.98. The molecular weight excluding hydrogens is 328 g/mol. The van der Waals surface area contributed by atoms with E-state index in [2.05, 4.69) is 5.32 Å². The third kappa shape index (κ3) is 2.95. The Morgan fingerprint density at radius 3 is 2.27 bits per heavy atom. The minimum atomic E-state index is -0.212. The molecule has 0 spiro atoms. The first kappa shape index (κ1) is 16.0. The third-order valence-corrected chi connectivity index (χ3v) is 4.21. The zero-order valence-electron chi connectivity index (χ0n) is 14.3. The maximum Gasteiger partial charge on any atom is 0.327 e. The molecule has 0 aliphatic carbocycles. The monoisotopic (exact) mass is 346 g/mol. The van der Waals surface area contributed by atoms with Crippen LogP contribution in [-0.2, 0) is 6.54 Å². The number of rotatable bonds is 3. The van der Waals surface area contributed by atoms with E-state index in [9.17, 15) is 4.79 Å². The summed E-state index contributed by atoms with van der Waals surface area (Å²) >= 11 is 0. The number of nitrogens with one attached hydrogen (secondary N) is 1. The van der Waals surface area contributed by atoms with E-state index in [0.29, 0.717) is 29.4 Å². The van der Waals surface area contributed by atoms with Gasteiger partial charge in [0.05, 0.1) is 18.5 Å². The van der Waals surface area contributed by atoms with Crippen LogP contribution in [0, 0.1) is 0 Å². The molecule has 0 saturated carbocycles. The van der Waals surface area contributed by atoms with Crippen LogP contribution >= 0.6 is 0 Å². The Labute approximate surface area is 151 Å². The van der Waals surface area contributed by atoms with E-state index >= 15 is 0 Å². The van der Waals surface area contributed by atoms with Crippen LogP contribution in [0.4, 0.5) is 16.2 Å². The molecule has 0 unspecified atom stereocenters. The first-order valence-corrected chi connectivity index (χ1v) is 8.33. The van der Waals surface area contributed by atoms with Crippen LogP contribution in [0.5, 0.6) is 17.2 Å². The molecule has 1 N–H and O–H groups in total. The van der Waals surface area contributed by atoms with Crippen LogP contribution in [0.2, 0.25) is 0 Å². The standard InChI is InChI=1S/C21H18N2O3/c1-25-16-8-6-7-15(13-16)14-22-21(24)23-17-9-2-4-11-19(17)26-20-12-5-3-10-18(20)23/h2-13H,14H2,1H3,(H,22,24). The lowest BCUT2D eigenvalue weighted by Gasteiger charge is -2.31. The lowest BCUT2D eigenvalue weighted by molar-refractivity contribution is 0.247. The molecule has 0 fully saturated rings. The molecule has 4 rings (SSSR count). The Morgan fingerprint density at radius 2 is 1.62 bits per heavy atom. The second-order valence-corrected chi connectivity index (χ2v) is 5.88. The van der Waals surface area contributed by atoms with Gasteiger partial charge in [0.25, 0.3) is 0 Å². The van der Waals surface area contributed by atoms with Crippen molar-refractivity contribution in [1.29, 1.82) is 0 Å². The molecule has 2 amide bonds. The zero-order valence-corrected chi connectivity index (χ0v) is 14.3. The molecular formula is C21H18N2O3. The second-order valence-electron chi connectivity index (χ2n) is 5.88. The molecule has 1 aliphatic rings. The van der Waals surface area contributed by atoms with Crippen molar-refractivity contribution in [2.75, 3.05) is 12.0 Å².